The number of halogens is 1. The maximum absolute atomic E-state index is 12.3. The van der Waals surface area contributed by atoms with Crippen molar-refractivity contribution in [3.05, 3.63) is 33.3 Å². The van der Waals surface area contributed by atoms with Crippen LogP contribution >= 0.6 is 11.6 Å². The Balaban J connectivity index is 1.50. The first-order valence-corrected chi connectivity index (χ1v) is 9.40. The summed E-state index contributed by atoms with van der Waals surface area (Å²) >= 11 is 5.88. The number of imide groups is 1. The highest BCUT2D eigenvalue weighted by Crippen LogP contribution is 2.37. The van der Waals surface area contributed by atoms with Gasteiger partial charge in [-0.2, -0.15) is 0 Å². The van der Waals surface area contributed by atoms with Gasteiger partial charge in [0, 0.05) is 12.1 Å². The largest absolute Gasteiger partial charge is 0.454 e. The first-order valence-electron chi connectivity index (χ1n) is 9.02. The summed E-state index contributed by atoms with van der Waals surface area (Å²) in [5, 5.41) is 13.0. The van der Waals surface area contributed by atoms with Crippen LogP contribution in [0.1, 0.15) is 25.7 Å². The Kier molecular flexibility index (Phi) is 6.12. The summed E-state index contributed by atoms with van der Waals surface area (Å²) in [5.41, 5.74) is -0.118. The minimum atomic E-state index is -0.879. The summed E-state index contributed by atoms with van der Waals surface area (Å²) in [6.07, 6.45) is 3.03. The monoisotopic (exact) mass is 423 g/mol. The van der Waals surface area contributed by atoms with Crippen molar-refractivity contribution in [1.29, 1.82) is 0 Å². The highest BCUT2D eigenvalue weighted by molar-refractivity contribution is 6.34. The quantitative estimate of drug-likeness (QED) is 0.319. The van der Waals surface area contributed by atoms with Crippen LogP contribution in [-0.4, -0.2) is 46.7 Å². The molecule has 0 aromatic heterocycles. The van der Waals surface area contributed by atoms with Gasteiger partial charge in [0.1, 0.15) is 6.54 Å². The van der Waals surface area contributed by atoms with E-state index < -0.39 is 30.0 Å². The number of rotatable bonds is 6. The molecule has 29 heavy (non-hydrogen) atoms. The van der Waals surface area contributed by atoms with Gasteiger partial charge in [-0.3, -0.25) is 34.2 Å². The molecule has 2 atom stereocenters. The van der Waals surface area contributed by atoms with Crippen LogP contribution in [0.3, 0.4) is 0 Å². The lowest BCUT2D eigenvalue weighted by atomic mass is 9.81. The second-order valence-electron chi connectivity index (χ2n) is 6.89. The molecule has 2 aliphatic rings. The average molecular weight is 424 g/mol. The molecular formula is C18H18ClN3O7. The lowest BCUT2D eigenvalue weighted by Gasteiger charge is -2.19. The molecule has 11 heteroatoms. The molecule has 0 radical (unpaired) electrons. The van der Waals surface area contributed by atoms with Gasteiger partial charge in [0.05, 0.1) is 27.5 Å². The number of nitro groups is 1. The van der Waals surface area contributed by atoms with Crippen molar-refractivity contribution in [1.82, 2.24) is 4.90 Å². The molecule has 10 nitrogen and oxygen atoms in total. The van der Waals surface area contributed by atoms with Gasteiger partial charge in [-0.15, -0.1) is 0 Å². The van der Waals surface area contributed by atoms with E-state index in [0.29, 0.717) is 12.8 Å². The molecule has 1 aliphatic carbocycles. The van der Waals surface area contributed by atoms with Crippen LogP contribution in [0.2, 0.25) is 5.02 Å². The molecule has 1 aromatic carbocycles. The predicted octanol–water partition coefficient (Wildman–Crippen LogP) is 1.91. The van der Waals surface area contributed by atoms with Crippen molar-refractivity contribution in [2.24, 2.45) is 11.8 Å². The predicted molar refractivity (Wildman–Crippen MR) is 99.9 cm³/mol. The smallest absolute Gasteiger partial charge is 0.326 e. The average Bonchev–Trinajstić information content (AvgIpc) is 2.93. The second-order valence-corrected chi connectivity index (χ2v) is 7.30. The maximum Gasteiger partial charge on any atom is 0.326 e. The van der Waals surface area contributed by atoms with Crippen molar-refractivity contribution in [3.63, 3.8) is 0 Å². The van der Waals surface area contributed by atoms with Gasteiger partial charge in [-0.25, -0.2) is 0 Å². The van der Waals surface area contributed by atoms with E-state index in [4.69, 9.17) is 16.3 Å². The number of esters is 1. The van der Waals surface area contributed by atoms with E-state index in [1.54, 1.807) is 0 Å². The van der Waals surface area contributed by atoms with Crippen molar-refractivity contribution >= 4 is 46.7 Å². The van der Waals surface area contributed by atoms with Crippen molar-refractivity contribution in [2.75, 3.05) is 18.5 Å². The van der Waals surface area contributed by atoms with Crippen molar-refractivity contribution in [3.8, 4) is 0 Å². The first kappa shape index (κ1) is 20.7. The number of hydrogen-bond acceptors (Lipinski definition) is 7. The van der Waals surface area contributed by atoms with Crippen LogP contribution in [0.5, 0.6) is 0 Å². The minimum absolute atomic E-state index is 0.0465. The zero-order valence-electron chi connectivity index (χ0n) is 15.3. The maximum atomic E-state index is 12.3. The van der Waals surface area contributed by atoms with E-state index in [1.165, 1.54) is 6.07 Å². The molecule has 2 fully saturated rings. The number of hydrogen-bond donors (Lipinski definition) is 1. The number of non-ortho nitro benzene ring substituents is 1. The van der Waals surface area contributed by atoms with E-state index in [-0.39, 0.29) is 40.0 Å². The van der Waals surface area contributed by atoms with E-state index in [1.807, 2.05) is 0 Å². The van der Waals surface area contributed by atoms with E-state index in [9.17, 15) is 29.3 Å². The summed E-state index contributed by atoms with van der Waals surface area (Å²) in [6, 6.07) is 3.49. The number of nitro benzene ring substituents is 1. The Bertz CT molecular complexity index is 864. The number of nitrogens with one attached hydrogen (secondary N) is 1. The zero-order valence-corrected chi connectivity index (χ0v) is 16.0. The SMILES string of the molecule is O=C(COC(=O)CN1C(=O)[C@H]2CCCC[C@@H]2C1=O)Nc1ccc([N+](=O)[O-])cc1Cl. The molecule has 1 saturated carbocycles. The summed E-state index contributed by atoms with van der Waals surface area (Å²) in [4.78, 5) is 59.6. The zero-order chi connectivity index (χ0) is 21.1. The lowest BCUT2D eigenvalue weighted by Crippen LogP contribution is -2.37. The fourth-order valence-electron chi connectivity index (χ4n) is 3.61. The summed E-state index contributed by atoms with van der Waals surface area (Å²) in [7, 11) is 0. The molecule has 1 aliphatic heterocycles. The first-order chi connectivity index (χ1) is 13.8. The fraction of sp³-hybridized carbons (Fsp3) is 0.444. The molecule has 1 saturated heterocycles. The number of anilines is 1. The molecular weight excluding hydrogens is 406 g/mol. The number of carbonyl (C=O) groups excluding carboxylic acids is 4. The van der Waals surface area contributed by atoms with E-state index in [0.717, 1.165) is 29.9 Å². The topological polar surface area (TPSA) is 136 Å². The van der Waals surface area contributed by atoms with Crippen LogP contribution in [0.25, 0.3) is 0 Å². The molecule has 0 unspecified atom stereocenters. The molecule has 3 rings (SSSR count). The number of ether oxygens (including phenoxy) is 1. The summed E-state index contributed by atoms with van der Waals surface area (Å²) < 4.78 is 4.84. The molecule has 1 aromatic rings. The normalized spacial score (nSPS) is 20.9. The number of likely N-dealkylation sites (tertiary alicyclic amines) is 1. The molecule has 1 heterocycles. The molecule has 0 spiro atoms. The minimum Gasteiger partial charge on any atom is -0.454 e. The Hall–Kier alpha value is -3.01. The van der Waals surface area contributed by atoms with Crippen molar-refractivity contribution in [2.45, 2.75) is 25.7 Å². The second kappa shape index (κ2) is 8.56. The lowest BCUT2D eigenvalue weighted by molar-refractivity contribution is -0.384. The van der Waals surface area contributed by atoms with Gasteiger partial charge in [0.25, 0.3) is 11.6 Å². The summed E-state index contributed by atoms with van der Waals surface area (Å²) in [5.74, 6) is -3.05. The number of nitrogens with zero attached hydrogens (tertiary/aromatic N) is 2. The number of amides is 3. The van der Waals surface area contributed by atoms with Gasteiger partial charge in [0.2, 0.25) is 11.8 Å². The van der Waals surface area contributed by atoms with Crippen molar-refractivity contribution < 1.29 is 28.8 Å². The highest BCUT2D eigenvalue weighted by Gasteiger charge is 2.48. The van der Waals surface area contributed by atoms with Gasteiger partial charge in [-0.1, -0.05) is 24.4 Å². The highest BCUT2D eigenvalue weighted by atomic mass is 35.5. The molecule has 154 valence electrons. The van der Waals surface area contributed by atoms with Gasteiger partial charge in [-0.05, 0) is 18.9 Å². The standard InChI is InChI=1S/C18H18ClN3O7/c19-13-7-10(22(27)28)5-6-14(13)20-15(23)9-29-16(24)8-21-17(25)11-3-1-2-4-12(11)18(21)26/h5-7,11-12H,1-4,8-9H2,(H,20,23)/t11-,12-/m0/s1. The molecule has 1 N–H and O–H groups in total. The van der Waals surface area contributed by atoms with Gasteiger partial charge < -0.3 is 10.1 Å². The third-order valence-electron chi connectivity index (χ3n) is 5.02. The summed E-state index contributed by atoms with van der Waals surface area (Å²) in [6.45, 7) is -1.19. The van der Waals surface area contributed by atoms with Crippen LogP contribution in [-0.2, 0) is 23.9 Å². The Morgan fingerprint density at radius 3 is 2.38 bits per heavy atom. The van der Waals surface area contributed by atoms with Crippen LogP contribution < -0.4 is 5.32 Å². The van der Waals surface area contributed by atoms with Crippen LogP contribution in [0.4, 0.5) is 11.4 Å². The van der Waals surface area contributed by atoms with E-state index in [2.05, 4.69) is 5.32 Å². The number of benzene rings is 1. The van der Waals surface area contributed by atoms with Crippen LogP contribution in [0.15, 0.2) is 18.2 Å². The fourth-order valence-corrected chi connectivity index (χ4v) is 3.83. The number of carbonyl (C=O) groups is 4. The number of fused-ring (bicyclic) bond motifs is 1. The molecule has 3 amide bonds. The van der Waals surface area contributed by atoms with Gasteiger partial charge >= 0.3 is 5.97 Å². The van der Waals surface area contributed by atoms with Gasteiger partial charge in [0.15, 0.2) is 6.61 Å². The Morgan fingerprint density at radius 1 is 1.21 bits per heavy atom. The Morgan fingerprint density at radius 2 is 1.83 bits per heavy atom. The third-order valence-corrected chi connectivity index (χ3v) is 5.33. The van der Waals surface area contributed by atoms with E-state index >= 15 is 0 Å². The third kappa shape index (κ3) is 4.53. The molecule has 0 bridgehead atoms. The van der Waals surface area contributed by atoms with Crippen LogP contribution in [0, 0.1) is 22.0 Å². The Labute approximate surface area is 170 Å².